The Hall–Kier alpha value is -3.02. The minimum absolute atomic E-state index is 0.263. The molecule has 110 valence electrons. The Kier molecular flexibility index (Phi) is 3.65. The Morgan fingerprint density at radius 1 is 1.14 bits per heavy atom. The number of rotatable bonds is 3. The van der Waals surface area contributed by atoms with Crippen molar-refractivity contribution >= 4 is 16.8 Å². The van der Waals surface area contributed by atoms with Crippen molar-refractivity contribution in [3.8, 4) is 17.1 Å². The van der Waals surface area contributed by atoms with E-state index in [2.05, 4.69) is 20.5 Å². The van der Waals surface area contributed by atoms with Gasteiger partial charge in [-0.15, -0.1) is 10.2 Å². The molecule has 0 aliphatic carbocycles. The van der Waals surface area contributed by atoms with E-state index in [4.69, 9.17) is 4.74 Å². The summed E-state index contributed by atoms with van der Waals surface area (Å²) in [6.45, 7) is 0. The minimum atomic E-state index is -0.275. The molecule has 1 N–H and O–H groups in total. The average Bonchev–Trinajstić information content (AvgIpc) is 2.60. The SMILES string of the molecule is CNC(=O)c1ccc(-c2cc3ccccc3nc2OC)nn1. The van der Waals surface area contributed by atoms with E-state index in [1.807, 2.05) is 30.3 Å². The van der Waals surface area contributed by atoms with Crippen LogP contribution in [0.1, 0.15) is 10.5 Å². The normalized spacial score (nSPS) is 10.5. The van der Waals surface area contributed by atoms with Gasteiger partial charge in [0, 0.05) is 12.4 Å². The molecule has 1 amide bonds. The number of carbonyl (C=O) groups is 1. The van der Waals surface area contributed by atoms with Gasteiger partial charge < -0.3 is 10.1 Å². The lowest BCUT2D eigenvalue weighted by Crippen LogP contribution is -2.19. The van der Waals surface area contributed by atoms with Crippen LogP contribution < -0.4 is 10.1 Å². The summed E-state index contributed by atoms with van der Waals surface area (Å²) in [5, 5.41) is 11.5. The second-order valence-corrected chi connectivity index (χ2v) is 4.62. The number of hydrogen-bond donors (Lipinski definition) is 1. The highest BCUT2D eigenvalue weighted by Gasteiger charge is 2.13. The third kappa shape index (κ3) is 2.46. The summed E-state index contributed by atoms with van der Waals surface area (Å²) in [6, 6.07) is 13.1. The van der Waals surface area contributed by atoms with Crippen LogP contribution in [0, 0.1) is 0 Å². The van der Waals surface area contributed by atoms with Gasteiger partial charge in [0.15, 0.2) is 5.69 Å². The highest BCUT2D eigenvalue weighted by atomic mass is 16.5. The zero-order valence-electron chi connectivity index (χ0n) is 12.2. The standard InChI is InChI=1S/C16H14N4O2/c1-17-15(21)14-8-7-13(19-20-14)11-9-10-5-3-4-6-12(10)18-16(11)22-2/h3-9H,1-2H3,(H,17,21). The molecule has 0 fully saturated rings. The molecule has 22 heavy (non-hydrogen) atoms. The zero-order chi connectivity index (χ0) is 15.5. The molecule has 0 saturated carbocycles. The highest BCUT2D eigenvalue weighted by Crippen LogP contribution is 2.29. The monoisotopic (exact) mass is 294 g/mol. The van der Waals surface area contributed by atoms with Crippen molar-refractivity contribution in [3.63, 3.8) is 0 Å². The van der Waals surface area contributed by atoms with Crippen LogP contribution >= 0.6 is 0 Å². The number of nitrogens with zero attached hydrogens (tertiary/aromatic N) is 3. The molecule has 0 radical (unpaired) electrons. The lowest BCUT2D eigenvalue weighted by Gasteiger charge is -2.08. The molecule has 0 unspecified atom stereocenters. The number of hydrogen-bond acceptors (Lipinski definition) is 5. The second kappa shape index (κ2) is 5.77. The molecule has 1 aromatic carbocycles. The van der Waals surface area contributed by atoms with Crippen molar-refractivity contribution < 1.29 is 9.53 Å². The van der Waals surface area contributed by atoms with Crippen molar-refractivity contribution in [3.05, 3.63) is 48.2 Å². The number of nitrogens with one attached hydrogen (secondary N) is 1. The Bertz CT molecular complexity index is 831. The van der Waals surface area contributed by atoms with Gasteiger partial charge in [-0.3, -0.25) is 4.79 Å². The first-order valence-corrected chi connectivity index (χ1v) is 6.73. The van der Waals surface area contributed by atoms with Crippen LogP contribution in [-0.4, -0.2) is 35.2 Å². The molecule has 0 bridgehead atoms. The molecule has 6 heteroatoms. The number of pyridine rings is 1. The van der Waals surface area contributed by atoms with Gasteiger partial charge in [-0.2, -0.15) is 0 Å². The van der Waals surface area contributed by atoms with E-state index in [9.17, 15) is 4.79 Å². The first-order valence-electron chi connectivity index (χ1n) is 6.73. The van der Waals surface area contributed by atoms with Gasteiger partial charge >= 0.3 is 0 Å². The molecule has 0 saturated heterocycles. The fourth-order valence-corrected chi connectivity index (χ4v) is 2.16. The predicted octanol–water partition coefficient (Wildman–Crippen LogP) is 2.06. The van der Waals surface area contributed by atoms with Crippen molar-refractivity contribution in [1.82, 2.24) is 20.5 Å². The number of fused-ring (bicyclic) bond motifs is 1. The van der Waals surface area contributed by atoms with Crippen molar-refractivity contribution in [2.75, 3.05) is 14.2 Å². The van der Waals surface area contributed by atoms with Gasteiger partial charge in [0.1, 0.15) is 0 Å². The summed E-state index contributed by atoms with van der Waals surface area (Å²) in [4.78, 5) is 16.0. The first kappa shape index (κ1) is 13.9. The Morgan fingerprint density at radius 3 is 2.64 bits per heavy atom. The van der Waals surface area contributed by atoms with Gasteiger partial charge in [0.25, 0.3) is 5.91 Å². The summed E-state index contributed by atoms with van der Waals surface area (Å²) in [5.74, 6) is 0.198. The number of methoxy groups -OCH3 is 1. The van der Waals surface area contributed by atoms with Crippen molar-refractivity contribution in [2.45, 2.75) is 0 Å². The lowest BCUT2D eigenvalue weighted by atomic mass is 10.1. The molecule has 0 spiro atoms. The Labute approximate surface area is 127 Å². The van der Waals surface area contributed by atoms with E-state index in [1.165, 1.54) is 0 Å². The third-order valence-corrected chi connectivity index (χ3v) is 3.28. The maximum absolute atomic E-state index is 11.5. The van der Waals surface area contributed by atoms with E-state index >= 15 is 0 Å². The number of benzene rings is 1. The number of carbonyl (C=O) groups excluding carboxylic acids is 1. The molecule has 3 aromatic rings. The van der Waals surface area contributed by atoms with E-state index in [0.29, 0.717) is 11.6 Å². The molecule has 2 aromatic heterocycles. The van der Waals surface area contributed by atoms with E-state index in [1.54, 1.807) is 26.3 Å². The second-order valence-electron chi connectivity index (χ2n) is 4.62. The molecule has 0 aliphatic rings. The van der Waals surface area contributed by atoms with Crippen LogP contribution in [0.5, 0.6) is 5.88 Å². The molecule has 6 nitrogen and oxygen atoms in total. The van der Waals surface area contributed by atoms with Crippen LogP contribution in [-0.2, 0) is 0 Å². The largest absolute Gasteiger partial charge is 0.480 e. The van der Waals surface area contributed by atoms with Crippen LogP contribution in [0.15, 0.2) is 42.5 Å². The summed E-state index contributed by atoms with van der Waals surface area (Å²) >= 11 is 0. The van der Waals surface area contributed by atoms with Crippen LogP contribution in [0.2, 0.25) is 0 Å². The summed E-state index contributed by atoms with van der Waals surface area (Å²) in [7, 11) is 3.11. The van der Waals surface area contributed by atoms with Gasteiger partial charge in [-0.25, -0.2) is 4.98 Å². The smallest absolute Gasteiger partial charge is 0.271 e. The van der Waals surface area contributed by atoms with E-state index in [0.717, 1.165) is 16.5 Å². The molecule has 3 rings (SSSR count). The van der Waals surface area contributed by atoms with Gasteiger partial charge in [-0.05, 0) is 24.3 Å². The number of para-hydroxylation sites is 1. The molecule has 2 heterocycles. The van der Waals surface area contributed by atoms with Gasteiger partial charge in [-0.1, -0.05) is 18.2 Å². The fourth-order valence-electron chi connectivity index (χ4n) is 2.16. The minimum Gasteiger partial charge on any atom is -0.480 e. The predicted molar refractivity (Wildman–Crippen MR) is 82.7 cm³/mol. The summed E-state index contributed by atoms with van der Waals surface area (Å²) < 4.78 is 5.35. The van der Waals surface area contributed by atoms with E-state index in [-0.39, 0.29) is 11.6 Å². The van der Waals surface area contributed by atoms with Crippen LogP contribution in [0.25, 0.3) is 22.2 Å². The highest BCUT2D eigenvalue weighted by molar-refractivity contribution is 5.92. The van der Waals surface area contributed by atoms with Gasteiger partial charge in [0.2, 0.25) is 5.88 Å². The van der Waals surface area contributed by atoms with Crippen LogP contribution in [0.3, 0.4) is 0 Å². The lowest BCUT2D eigenvalue weighted by molar-refractivity contribution is 0.0957. The summed E-state index contributed by atoms with van der Waals surface area (Å²) in [6.07, 6.45) is 0. The maximum Gasteiger partial charge on any atom is 0.271 e. The summed E-state index contributed by atoms with van der Waals surface area (Å²) in [5.41, 5.74) is 2.44. The fraction of sp³-hybridized carbons (Fsp3) is 0.125. The Balaban J connectivity index is 2.10. The number of ether oxygens (including phenoxy) is 1. The van der Waals surface area contributed by atoms with Gasteiger partial charge in [0.05, 0.1) is 23.9 Å². The quantitative estimate of drug-likeness (QED) is 0.800. The third-order valence-electron chi connectivity index (χ3n) is 3.28. The Morgan fingerprint density at radius 2 is 1.95 bits per heavy atom. The molecule has 0 aliphatic heterocycles. The zero-order valence-corrected chi connectivity index (χ0v) is 12.2. The molecular weight excluding hydrogens is 280 g/mol. The van der Waals surface area contributed by atoms with Crippen LogP contribution in [0.4, 0.5) is 0 Å². The van der Waals surface area contributed by atoms with Crippen molar-refractivity contribution in [2.24, 2.45) is 0 Å². The van der Waals surface area contributed by atoms with E-state index < -0.39 is 0 Å². The molecule has 0 atom stereocenters. The van der Waals surface area contributed by atoms with Crippen molar-refractivity contribution in [1.29, 1.82) is 0 Å². The molecular formula is C16H14N4O2. The number of amides is 1. The maximum atomic E-state index is 11.5. The topological polar surface area (TPSA) is 77.0 Å². The first-order chi connectivity index (χ1) is 10.7. The number of aromatic nitrogens is 3. The average molecular weight is 294 g/mol.